The molecule has 0 aliphatic carbocycles. The number of benzene rings is 2. The number of carbonyl (C=O) groups excluding carboxylic acids is 1. The fraction of sp³-hybridized carbons (Fsp3) is 0.214. The first-order valence-corrected chi connectivity index (χ1v) is 11.9. The molecule has 35 heavy (non-hydrogen) atoms. The van der Waals surface area contributed by atoms with Gasteiger partial charge in [-0.05, 0) is 66.9 Å². The molecule has 176 valence electrons. The fourth-order valence-electron chi connectivity index (χ4n) is 5.12. The number of pyridine rings is 1. The Morgan fingerprint density at radius 1 is 1.09 bits per heavy atom. The second-order valence-electron chi connectivity index (χ2n) is 9.53. The number of nitrogens with two attached hydrogens (primary N) is 1. The number of anilines is 1. The van der Waals surface area contributed by atoms with Crippen LogP contribution in [0.25, 0.3) is 44.2 Å². The number of hydrogen-bond acceptors (Lipinski definition) is 4. The number of fused-ring (bicyclic) bond motifs is 2. The Bertz CT molecular complexity index is 1560. The summed E-state index contributed by atoms with van der Waals surface area (Å²) in [6, 6.07) is 16.5. The first kappa shape index (κ1) is 21.4. The van der Waals surface area contributed by atoms with Crippen molar-refractivity contribution in [1.29, 1.82) is 0 Å². The first-order valence-electron chi connectivity index (χ1n) is 11.9. The smallest absolute Gasteiger partial charge is 0.256 e. The summed E-state index contributed by atoms with van der Waals surface area (Å²) in [4.78, 5) is 28.7. The van der Waals surface area contributed by atoms with Crippen LogP contribution in [0.4, 0.5) is 5.69 Å². The van der Waals surface area contributed by atoms with Crippen LogP contribution in [0, 0.1) is 0 Å². The van der Waals surface area contributed by atoms with Gasteiger partial charge in [0.25, 0.3) is 5.91 Å². The van der Waals surface area contributed by atoms with Crippen molar-refractivity contribution in [2.75, 3.05) is 32.9 Å². The minimum Gasteiger partial charge on any atom is -0.398 e. The lowest BCUT2D eigenvalue weighted by molar-refractivity contribution is 0.0738. The number of aromatic amines is 2. The predicted molar refractivity (Wildman–Crippen MR) is 141 cm³/mol. The van der Waals surface area contributed by atoms with Crippen LogP contribution in [-0.2, 0) is 0 Å². The molecule has 0 spiro atoms. The van der Waals surface area contributed by atoms with Crippen LogP contribution in [0.3, 0.4) is 0 Å². The van der Waals surface area contributed by atoms with Crippen LogP contribution in [0.5, 0.6) is 0 Å². The summed E-state index contributed by atoms with van der Waals surface area (Å²) in [7, 11) is 3.96. The minimum absolute atomic E-state index is 0.0414. The fourth-order valence-corrected chi connectivity index (χ4v) is 5.12. The summed E-state index contributed by atoms with van der Waals surface area (Å²) < 4.78 is 0. The van der Waals surface area contributed by atoms with Crippen molar-refractivity contribution in [3.63, 3.8) is 0 Å². The van der Waals surface area contributed by atoms with E-state index in [1.165, 1.54) is 5.39 Å². The van der Waals surface area contributed by atoms with E-state index in [1.54, 1.807) is 0 Å². The molecule has 0 bridgehead atoms. The molecule has 0 saturated carbocycles. The highest BCUT2D eigenvalue weighted by Gasteiger charge is 2.28. The second-order valence-corrected chi connectivity index (χ2v) is 9.53. The zero-order chi connectivity index (χ0) is 24.1. The van der Waals surface area contributed by atoms with Crippen molar-refractivity contribution in [1.82, 2.24) is 24.8 Å². The number of nitrogens with one attached hydrogen (secondary N) is 2. The SMILES string of the molecule is CN1CCC(N(C)C(=O)c2cc(-c3cnc4[nH]cc(-c5ccc6cc[nH]c6c5)c4c3)ccc2N)C1. The molecule has 5 aromatic rings. The largest absolute Gasteiger partial charge is 0.398 e. The molecule has 1 aliphatic heterocycles. The summed E-state index contributed by atoms with van der Waals surface area (Å²) in [5.41, 5.74) is 13.3. The quantitative estimate of drug-likeness (QED) is 0.335. The molecule has 1 unspecified atom stereocenters. The maximum absolute atomic E-state index is 13.3. The van der Waals surface area contributed by atoms with Gasteiger partial charge in [-0.25, -0.2) is 4.98 Å². The normalized spacial score (nSPS) is 16.3. The highest BCUT2D eigenvalue weighted by molar-refractivity contribution is 6.01. The van der Waals surface area contributed by atoms with Gasteiger partial charge in [0.05, 0.1) is 5.56 Å². The average Bonchev–Trinajstić information content (AvgIpc) is 3.62. The summed E-state index contributed by atoms with van der Waals surface area (Å²) in [5, 5.41) is 2.21. The number of nitrogens with zero attached hydrogens (tertiary/aromatic N) is 3. The minimum atomic E-state index is -0.0414. The maximum Gasteiger partial charge on any atom is 0.256 e. The van der Waals surface area contributed by atoms with E-state index in [0.717, 1.165) is 58.3 Å². The molecular formula is C28H28N6O. The van der Waals surface area contributed by atoms with E-state index in [4.69, 9.17) is 5.73 Å². The maximum atomic E-state index is 13.3. The van der Waals surface area contributed by atoms with Gasteiger partial charge >= 0.3 is 0 Å². The van der Waals surface area contributed by atoms with Crippen LogP contribution in [-0.4, -0.2) is 63.9 Å². The molecule has 0 radical (unpaired) electrons. The molecule has 1 aliphatic rings. The van der Waals surface area contributed by atoms with Crippen molar-refractivity contribution in [3.05, 3.63) is 72.7 Å². The number of aromatic nitrogens is 3. The lowest BCUT2D eigenvalue weighted by Crippen LogP contribution is -2.38. The number of likely N-dealkylation sites (tertiary alicyclic amines) is 1. The molecule has 1 saturated heterocycles. The van der Waals surface area contributed by atoms with Gasteiger partial charge in [-0.3, -0.25) is 4.79 Å². The molecule has 6 rings (SSSR count). The van der Waals surface area contributed by atoms with Crippen LogP contribution in [0.15, 0.2) is 67.1 Å². The molecule has 3 aromatic heterocycles. The number of carbonyl (C=O) groups is 1. The van der Waals surface area contributed by atoms with Crippen LogP contribution >= 0.6 is 0 Å². The van der Waals surface area contributed by atoms with Crippen molar-refractivity contribution in [2.45, 2.75) is 12.5 Å². The van der Waals surface area contributed by atoms with E-state index in [1.807, 2.05) is 48.7 Å². The third-order valence-corrected chi connectivity index (χ3v) is 7.25. The van der Waals surface area contributed by atoms with Gasteiger partial charge in [-0.1, -0.05) is 18.2 Å². The van der Waals surface area contributed by atoms with Gasteiger partial charge in [-0.2, -0.15) is 0 Å². The molecule has 1 amide bonds. The molecule has 1 fully saturated rings. The second kappa shape index (κ2) is 8.29. The Labute approximate surface area is 203 Å². The van der Waals surface area contributed by atoms with Gasteiger partial charge in [0.15, 0.2) is 0 Å². The molecule has 2 aromatic carbocycles. The molecule has 7 heteroatoms. The molecule has 1 atom stereocenters. The van der Waals surface area contributed by atoms with Crippen molar-refractivity contribution in [3.8, 4) is 22.3 Å². The van der Waals surface area contributed by atoms with Gasteiger partial charge in [0.1, 0.15) is 5.65 Å². The van der Waals surface area contributed by atoms with Crippen LogP contribution in [0.2, 0.25) is 0 Å². The molecular weight excluding hydrogens is 436 g/mol. The lowest BCUT2D eigenvalue weighted by atomic mass is 9.99. The Hall–Kier alpha value is -4.10. The monoisotopic (exact) mass is 464 g/mol. The number of likely N-dealkylation sites (N-methyl/N-ethyl adjacent to an activating group) is 2. The predicted octanol–water partition coefficient (Wildman–Crippen LogP) is 4.74. The number of H-pyrrole nitrogens is 2. The molecule has 4 N–H and O–H groups in total. The molecule has 7 nitrogen and oxygen atoms in total. The number of hydrogen-bond donors (Lipinski definition) is 3. The van der Waals surface area contributed by atoms with Crippen molar-refractivity contribution >= 4 is 33.5 Å². The van der Waals surface area contributed by atoms with Crippen LogP contribution in [0.1, 0.15) is 16.8 Å². The Balaban J connectivity index is 1.37. The number of nitrogen functional groups attached to an aromatic ring is 1. The summed E-state index contributed by atoms with van der Waals surface area (Å²) in [6.45, 7) is 1.88. The van der Waals surface area contributed by atoms with Crippen molar-refractivity contribution in [2.24, 2.45) is 0 Å². The van der Waals surface area contributed by atoms with Gasteiger partial charge in [0.2, 0.25) is 0 Å². The van der Waals surface area contributed by atoms with E-state index in [9.17, 15) is 4.79 Å². The van der Waals surface area contributed by atoms with E-state index in [0.29, 0.717) is 11.3 Å². The van der Waals surface area contributed by atoms with Gasteiger partial charge in [0, 0.05) is 65.9 Å². The van der Waals surface area contributed by atoms with E-state index < -0.39 is 0 Å². The summed E-state index contributed by atoms with van der Waals surface area (Å²) in [6.07, 6.45) is 6.76. The molecule has 4 heterocycles. The third-order valence-electron chi connectivity index (χ3n) is 7.25. The zero-order valence-corrected chi connectivity index (χ0v) is 19.9. The standard InChI is InChI=1S/C28H28N6O/c1-33-10-8-21(16-33)34(2)28(35)23-11-18(5-6-25(23)29)20-12-22-24(15-32-27(22)31-14-20)19-4-3-17-7-9-30-26(17)13-19/h3-7,9,11-15,21,30H,8,10,16,29H2,1-2H3,(H,31,32). The summed E-state index contributed by atoms with van der Waals surface area (Å²) >= 11 is 0. The topological polar surface area (TPSA) is 94.0 Å². The van der Waals surface area contributed by atoms with Gasteiger partial charge < -0.3 is 25.5 Å². The Morgan fingerprint density at radius 3 is 2.77 bits per heavy atom. The van der Waals surface area contributed by atoms with E-state index in [-0.39, 0.29) is 11.9 Å². The average molecular weight is 465 g/mol. The van der Waals surface area contributed by atoms with Crippen molar-refractivity contribution < 1.29 is 4.79 Å². The third kappa shape index (κ3) is 3.74. The number of rotatable bonds is 4. The number of amides is 1. The lowest BCUT2D eigenvalue weighted by Gasteiger charge is -2.25. The Kier molecular flexibility index (Phi) is 5.07. The van der Waals surface area contributed by atoms with E-state index in [2.05, 4.69) is 57.2 Å². The zero-order valence-electron chi connectivity index (χ0n) is 19.9. The van der Waals surface area contributed by atoms with E-state index >= 15 is 0 Å². The first-order chi connectivity index (χ1) is 17.0. The highest BCUT2D eigenvalue weighted by atomic mass is 16.2. The summed E-state index contributed by atoms with van der Waals surface area (Å²) in [5.74, 6) is -0.0414. The van der Waals surface area contributed by atoms with Crippen LogP contribution < -0.4 is 5.73 Å². The Morgan fingerprint density at radius 2 is 1.94 bits per heavy atom. The van der Waals surface area contributed by atoms with Gasteiger partial charge in [-0.15, -0.1) is 0 Å². The highest BCUT2D eigenvalue weighted by Crippen LogP contribution is 2.33.